The highest BCUT2D eigenvalue weighted by atomic mass is 35.5. The van der Waals surface area contributed by atoms with Crippen LogP contribution in [0.2, 0.25) is 10.0 Å². The van der Waals surface area contributed by atoms with Crippen molar-refractivity contribution >= 4 is 29.0 Å². The van der Waals surface area contributed by atoms with Gasteiger partial charge >= 0.3 is 6.36 Å². The minimum Gasteiger partial charge on any atom is -0.400 e. The molecule has 78 valence electrons. The van der Waals surface area contributed by atoms with E-state index < -0.39 is 23.0 Å². The van der Waals surface area contributed by atoms with Gasteiger partial charge in [0.25, 0.3) is 0 Å². The molecule has 1 heterocycles. The molecule has 0 unspecified atom stereocenters. The van der Waals surface area contributed by atoms with Crippen LogP contribution in [0.1, 0.15) is 0 Å². The molecule has 0 aliphatic heterocycles. The van der Waals surface area contributed by atoms with Crippen LogP contribution in [0.3, 0.4) is 0 Å². The Labute approximate surface area is 86.6 Å². The van der Waals surface area contributed by atoms with Crippen LogP contribution in [-0.2, 0) is 0 Å². The van der Waals surface area contributed by atoms with Crippen molar-refractivity contribution in [2.45, 2.75) is 6.36 Å². The van der Waals surface area contributed by atoms with E-state index in [1.807, 2.05) is 0 Å². The van der Waals surface area contributed by atoms with Gasteiger partial charge in [0.2, 0.25) is 0 Å². The fraction of sp³-hybridized carbons (Fsp3) is 0.167. The Bertz CT molecular complexity index is 356. The quantitative estimate of drug-likeness (QED) is 0.829. The van der Waals surface area contributed by atoms with Crippen molar-refractivity contribution in [3.8, 4) is 5.75 Å². The summed E-state index contributed by atoms with van der Waals surface area (Å²) in [7, 11) is 0. The summed E-state index contributed by atoms with van der Waals surface area (Å²) < 4.78 is 39.0. The van der Waals surface area contributed by atoms with Crippen molar-refractivity contribution in [1.82, 2.24) is 4.98 Å². The highest BCUT2D eigenvalue weighted by Gasteiger charge is 2.33. The molecule has 1 aromatic rings. The summed E-state index contributed by atoms with van der Waals surface area (Å²) in [6, 6.07) is 0. The Kier molecular flexibility index (Phi) is 2.96. The first-order valence-corrected chi connectivity index (χ1v) is 3.92. The number of halogens is 5. The number of nitrogens with zero attached hydrogens (tertiary/aromatic N) is 1. The van der Waals surface area contributed by atoms with E-state index in [9.17, 15) is 13.2 Å². The van der Waals surface area contributed by atoms with Crippen LogP contribution >= 0.6 is 23.2 Å². The molecule has 3 nitrogen and oxygen atoms in total. The fourth-order valence-electron chi connectivity index (χ4n) is 0.675. The lowest BCUT2D eigenvalue weighted by atomic mass is 10.4. The summed E-state index contributed by atoms with van der Waals surface area (Å²) in [4.78, 5) is 3.36. The summed E-state index contributed by atoms with van der Waals surface area (Å²) in [6.07, 6.45) is -3.85. The SMILES string of the molecule is Nc1ncc(Cl)c(Cl)c1OC(F)(F)F. The van der Waals surface area contributed by atoms with Crippen molar-refractivity contribution in [3.05, 3.63) is 16.2 Å². The number of ether oxygens (including phenoxy) is 1. The summed E-state index contributed by atoms with van der Waals surface area (Å²) in [5, 5.41) is -0.586. The predicted octanol–water partition coefficient (Wildman–Crippen LogP) is 2.87. The molecule has 2 N–H and O–H groups in total. The van der Waals surface area contributed by atoms with Gasteiger partial charge in [-0.3, -0.25) is 0 Å². The Morgan fingerprint density at radius 3 is 2.43 bits per heavy atom. The summed E-state index contributed by atoms with van der Waals surface area (Å²) in [6.45, 7) is 0. The summed E-state index contributed by atoms with van der Waals surface area (Å²) >= 11 is 10.8. The largest absolute Gasteiger partial charge is 0.573 e. The number of rotatable bonds is 1. The molecule has 8 heteroatoms. The van der Waals surface area contributed by atoms with E-state index in [1.165, 1.54) is 0 Å². The molecular weight excluding hydrogens is 244 g/mol. The second kappa shape index (κ2) is 3.70. The number of hydrogen-bond donors (Lipinski definition) is 1. The maximum Gasteiger partial charge on any atom is 0.573 e. The van der Waals surface area contributed by atoms with Crippen molar-refractivity contribution in [2.75, 3.05) is 5.73 Å². The molecule has 1 rings (SSSR count). The molecule has 0 radical (unpaired) electrons. The van der Waals surface area contributed by atoms with E-state index in [2.05, 4.69) is 9.72 Å². The minimum absolute atomic E-state index is 0.167. The topological polar surface area (TPSA) is 48.1 Å². The average Bonchev–Trinajstić information content (AvgIpc) is 2.04. The van der Waals surface area contributed by atoms with Gasteiger partial charge in [-0.25, -0.2) is 4.98 Å². The van der Waals surface area contributed by atoms with E-state index >= 15 is 0 Å². The van der Waals surface area contributed by atoms with Crippen molar-refractivity contribution in [3.63, 3.8) is 0 Å². The number of alkyl halides is 3. The third-order valence-corrected chi connectivity index (χ3v) is 1.93. The molecule has 0 saturated carbocycles. The van der Waals surface area contributed by atoms with Gasteiger partial charge in [0, 0.05) is 6.20 Å². The molecule has 0 saturated heterocycles. The van der Waals surface area contributed by atoms with Gasteiger partial charge in [-0.05, 0) is 0 Å². The predicted molar refractivity (Wildman–Crippen MR) is 45.4 cm³/mol. The molecule has 0 fully saturated rings. The third kappa shape index (κ3) is 2.55. The Hall–Kier alpha value is -0.880. The van der Waals surface area contributed by atoms with Gasteiger partial charge in [-0.1, -0.05) is 23.2 Å². The monoisotopic (exact) mass is 246 g/mol. The van der Waals surface area contributed by atoms with Crippen LogP contribution in [-0.4, -0.2) is 11.3 Å². The van der Waals surface area contributed by atoms with Gasteiger partial charge in [0.15, 0.2) is 11.6 Å². The highest BCUT2D eigenvalue weighted by Crippen LogP contribution is 2.38. The number of nitrogens with two attached hydrogens (primary N) is 1. The molecule has 0 aliphatic carbocycles. The fourth-order valence-corrected chi connectivity index (χ4v) is 0.994. The highest BCUT2D eigenvalue weighted by molar-refractivity contribution is 6.43. The molecule has 0 aliphatic rings. The van der Waals surface area contributed by atoms with E-state index in [4.69, 9.17) is 28.9 Å². The van der Waals surface area contributed by atoms with Crippen molar-refractivity contribution in [1.29, 1.82) is 0 Å². The number of anilines is 1. The molecule has 0 spiro atoms. The Morgan fingerprint density at radius 2 is 1.93 bits per heavy atom. The van der Waals surface area contributed by atoms with Crippen LogP contribution in [0.5, 0.6) is 5.75 Å². The molecule has 1 aromatic heterocycles. The minimum atomic E-state index is -4.88. The summed E-state index contributed by atoms with van der Waals surface area (Å²) in [5.41, 5.74) is 5.12. The van der Waals surface area contributed by atoms with E-state index in [0.29, 0.717) is 0 Å². The molecule has 0 bridgehead atoms. The first-order valence-electron chi connectivity index (χ1n) is 3.16. The first kappa shape index (κ1) is 11.2. The average molecular weight is 247 g/mol. The van der Waals surface area contributed by atoms with Crippen molar-refractivity contribution in [2.24, 2.45) is 0 Å². The zero-order valence-electron chi connectivity index (χ0n) is 6.40. The van der Waals surface area contributed by atoms with Crippen LogP contribution in [0.4, 0.5) is 19.0 Å². The van der Waals surface area contributed by atoms with Crippen molar-refractivity contribution < 1.29 is 17.9 Å². The smallest absolute Gasteiger partial charge is 0.400 e. The number of nitrogen functional groups attached to an aromatic ring is 1. The number of pyridine rings is 1. The van der Waals surface area contributed by atoms with Gasteiger partial charge in [-0.2, -0.15) is 0 Å². The second-order valence-electron chi connectivity index (χ2n) is 2.18. The summed E-state index contributed by atoms with van der Waals surface area (Å²) in [5.74, 6) is -1.26. The standard InChI is InChI=1S/C6H3Cl2F3N2O/c7-2-1-13-5(12)4(3(2)8)14-6(9,10)11/h1H,(H2,12,13). The molecular formula is C6H3Cl2F3N2O. The maximum atomic E-state index is 11.8. The van der Waals surface area contributed by atoms with Gasteiger partial charge in [0.1, 0.15) is 5.02 Å². The van der Waals surface area contributed by atoms with Crippen LogP contribution in [0, 0.1) is 0 Å². The Balaban J connectivity index is 3.13. The number of hydrogen-bond acceptors (Lipinski definition) is 3. The molecule has 0 atom stereocenters. The van der Waals surface area contributed by atoms with Gasteiger partial charge in [0.05, 0.1) is 5.02 Å². The first-order chi connectivity index (χ1) is 6.31. The van der Waals surface area contributed by atoms with E-state index in [-0.39, 0.29) is 5.02 Å². The van der Waals surface area contributed by atoms with E-state index in [1.54, 1.807) is 0 Å². The zero-order chi connectivity index (χ0) is 10.9. The van der Waals surface area contributed by atoms with E-state index in [0.717, 1.165) is 6.20 Å². The van der Waals surface area contributed by atoms with Gasteiger partial charge < -0.3 is 10.5 Å². The van der Waals surface area contributed by atoms with Crippen LogP contribution in [0.25, 0.3) is 0 Å². The number of aromatic nitrogens is 1. The van der Waals surface area contributed by atoms with Crippen LogP contribution < -0.4 is 10.5 Å². The Morgan fingerprint density at radius 1 is 1.36 bits per heavy atom. The second-order valence-corrected chi connectivity index (χ2v) is 2.97. The van der Waals surface area contributed by atoms with Crippen LogP contribution in [0.15, 0.2) is 6.20 Å². The zero-order valence-corrected chi connectivity index (χ0v) is 7.91. The lowest BCUT2D eigenvalue weighted by Crippen LogP contribution is -2.18. The molecule has 14 heavy (non-hydrogen) atoms. The molecule has 0 aromatic carbocycles. The normalized spacial score (nSPS) is 11.5. The maximum absolute atomic E-state index is 11.8. The lowest BCUT2D eigenvalue weighted by molar-refractivity contribution is -0.274. The third-order valence-electron chi connectivity index (χ3n) is 1.18. The molecule has 0 amide bonds. The van der Waals surface area contributed by atoms with Gasteiger partial charge in [-0.15, -0.1) is 13.2 Å². The lowest BCUT2D eigenvalue weighted by Gasteiger charge is -2.12.